The van der Waals surface area contributed by atoms with E-state index in [2.05, 4.69) is 20.3 Å². The third-order valence-corrected chi connectivity index (χ3v) is 2.17. The SMILES string of the molecule is Cc1cnc(N)nc1NCc1cccnc1. The van der Waals surface area contributed by atoms with Gasteiger partial charge in [-0.05, 0) is 18.6 Å². The Morgan fingerprint density at radius 1 is 1.38 bits per heavy atom. The molecule has 0 saturated heterocycles. The lowest BCUT2D eigenvalue weighted by atomic mass is 10.3. The molecule has 0 radical (unpaired) electrons. The zero-order valence-corrected chi connectivity index (χ0v) is 9.01. The summed E-state index contributed by atoms with van der Waals surface area (Å²) in [6.45, 7) is 2.61. The third kappa shape index (κ3) is 2.44. The molecule has 0 aromatic carbocycles. The predicted octanol–water partition coefficient (Wildman–Crippen LogP) is 1.37. The number of aryl methyl sites for hydroxylation is 1. The van der Waals surface area contributed by atoms with Gasteiger partial charge < -0.3 is 11.1 Å². The monoisotopic (exact) mass is 215 g/mol. The van der Waals surface area contributed by atoms with Crippen molar-refractivity contribution in [2.45, 2.75) is 13.5 Å². The van der Waals surface area contributed by atoms with Gasteiger partial charge in [0.25, 0.3) is 0 Å². The van der Waals surface area contributed by atoms with Crippen molar-refractivity contribution >= 4 is 11.8 Å². The second kappa shape index (κ2) is 4.57. The summed E-state index contributed by atoms with van der Waals surface area (Å²) in [5.74, 6) is 1.04. The summed E-state index contributed by atoms with van der Waals surface area (Å²) in [5.41, 5.74) is 7.59. The molecule has 16 heavy (non-hydrogen) atoms. The molecule has 5 heteroatoms. The van der Waals surface area contributed by atoms with Crippen molar-refractivity contribution in [2.75, 3.05) is 11.1 Å². The number of nitrogens with zero attached hydrogens (tertiary/aromatic N) is 3. The van der Waals surface area contributed by atoms with Gasteiger partial charge in [0.1, 0.15) is 5.82 Å². The molecule has 2 rings (SSSR count). The van der Waals surface area contributed by atoms with Gasteiger partial charge in [-0.2, -0.15) is 4.98 Å². The molecule has 0 atom stereocenters. The molecule has 2 heterocycles. The van der Waals surface area contributed by atoms with Gasteiger partial charge in [0.2, 0.25) is 5.95 Å². The Labute approximate surface area is 93.8 Å². The van der Waals surface area contributed by atoms with Gasteiger partial charge in [-0.3, -0.25) is 4.98 Å². The zero-order chi connectivity index (χ0) is 11.4. The minimum atomic E-state index is 0.277. The van der Waals surface area contributed by atoms with Crippen molar-refractivity contribution in [1.82, 2.24) is 15.0 Å². The number of hydrogen-bond donors (Lipinski definition) is 2. The molecule has 0 aliphatic heterocycles. The van der Waals surface area contributed by atoms with Crippen LogP contribution < -0.4 is 11.1 Å². The fourth-order valence-corrected chi connectivity index (χ4v) is 1.32. The number of anilines is 2. The summed E-state index contributed by atoms with van der Waals surface area (Å²) in [7, 11) is 0. The number of hydrogen-bond acceptors (Lipinski definition) is 5. The van der Waals surface area contributed by atoms with Crippen LogP contribution >= 0.6 is 0 Å². The van der Waals surface area contributed by atoms with Crippen molar-refractivity contribution in [3.63, 3.8) is 0 Å². The Morgan fingerprint density at radius 2 is 2.25 bits per heavy atom. The van der Waals surface area contributed by atoms with Gasteiger partial charge in [-0.1, -0.05) is 6.07 Å². The molecule has 0 fully saturated rings. The first-order valence-electron chi connectivity index (χ1n) is 4.97. The van der Waals surface area contributed by atoms with Crippen molar-refractivity contribution in [2.24, 2.45) is 0 Å². The van der Waals surface area contributed by atoms with Gasteiger partial charge in [-0.25, -0.2) is 4.98 Å². The van der Waals surface area contributed by atoms with E-state index in [1.807, 2.05) is 25.3 Å². The van der Waals surface area contributed by atoms with Gasteiger partial charge in [-0.15, -0.1) is 0 Å². The van der Waals surface area contributed by atoms with Crippen LogP contribution in [0.3, 0.4) is 0 Å². The third-order valence-electron chi connectivity index (χ3n) is 2.17. The van der Waals surface area contributed by atoms with E-state index in [9.17, 15) is 0 Å². The maximum Gasteiger partial charge on any atom is 0.221 e. The summed E-state index contributed by atoms with van der Waals surface area (Å²) in [6, 6.07) is 3.90. The van der Waals surface area contributed by atoms with Gasteiger partial charge in [0.05, 0.1) is 0 Å². The summed E-state index contributed by atoms with van der Waals surface area (Å²) in [6.07, 6.45) is 5.26. The first-order chi connectivity index (χ1) is 7.75. The summed E-state index contributed by atoms with van der Waals surface area (Å²) < 4.78 is 0. The van der Waals surface area contributed by atoms with Gasteiger partial charge >= 0.3 is 0 Å². The molecule has 0 unspecified atom stereocenters. The molecule has 0 saturated carbocycles. The highest BCUT2D eigenvalue weighted by Gasteiger charge is 2.01. The van der Waals surface area contributed by atoms with Crippen LogP contribution in [0.1, 0.15) is 11.1 Å². The molecular formula is C11H13N5. The van der Waals surface area contributed by atoms with Gasteiger partial charge in [0.15, 0.2) is 0 Å². The van der Waals surface area contributed by atoms with Crippen LogP contribution in [-0.4, -0.2) is 15.0 Å². The van der Waals surface area contributed by atoms with Crippen molar-refractivity contribution in [3.8, 4) is 0 Å². The van der Waals surface area contributed by atoms with Crippen molar-refractivity contribution in [1.29, 1.82) is 0 Å². The molecule has 0 spiro atoms. The highest BCUT2D eigenvalue weighted by molar-refractivity contribution is 5.45. The Hall–Kier alpha value is -2.17. The standard InChI is InChI=1S/C11H13N5/c1-8-5-15-11(12)16-10(8)14-7-9-3-2-4-13-6-9/h2-6H,7H2,1H3,(H3,12,14,15,16). The van der Waals surface area contributed by atoms with E-state index in [1.54, 1.807) is 12.4 Å². The maximum atomic E-state index is 5.52. The largest absolute Gasteiger partial charge is 0.368 e. The number of rotatable bonds is 3. The van der Waals surface area contributed by atoms with E-state index in [1.165, 1.54) is 0 Å². The number of aromatic nitrogens is 3. The minimum Gasteiger partial charge on any atom is -0.368 e. The van der Waals surface area contributed by atoms with Crippen LogP contribution in [0, 0.1) is 6.92 Å². The molecule has 2 aromatic rings. The molecule has 0 aliphatic carbocycles. The normalized spacial score (nSPS) is 10.1. The average Bonchev–Trinajstić information content (AvgIpc) is 2.32. The summed E-state index contributed by atoms with van der Waals surface area (Å²) >= 11 is 0. The van der Waals surface area contributed by atoms with Crippen LogP contribution in [0.15, 0.2) is 30.7 Å². The minimum absolute atomic E-state index is 0.277. The number of nitrogens with one attached hydrogen (secondary N) is 1. The average molecular weight is 215 g/mol. The highest BCUT2D eigenvalue weighted by Crippen LogP contribution is 2.11. The maximum absolute atomic E-state index is 5.52. The van der Waals surface area contributed by atoms with Crippen LogP contribution in [0.2, 0.25) is 0 Å². The molecule has 2 aromatic heterocycles. The fourth-order valence-electron chi connectivity index (χ4n) is 1.32. The molecule has 82 valence electrons. The van der Waals surface area contributed by atoms with Crippen LogP contribution in [0.25, 0.3) is 0 Å². The second-order valence-corrected chi connectivity index (χ2v) is 3.47. The Balaban J connectivity index is 2.08. The molecule has 0 aliphatic rings. The van der Waals surface area contributed by atoms with E-state index in [0.717, 1.165) is 16.9 Å². The molecule has 3 N–H and O–H groups in total. The van der Waals surface area contributed by atoms with Crippen LogP contribution in [0.4, 0.5) is 11.8 Å². The van der Waals surface area contributed by atoms with E-state index >= 15 is 0 Å². The van der Waals surface area contributed by atoms with E-state index in [0.29, 0.717) is 6.54 Å². The zero-order valence-electron chi connectivity index (χ0n) is 9.01. The summed E-state index contributed by atoms with van der Waals surface area (Å²) in [4.78, 5) is 12.1. The van der Waals surface area contributed by atoms with E-state index < -0.39 is 0 Å². The number of nitrogens with two attached hydrogens (primary N) is 1. The van der Waals surface area contributed by atoms with Crippen LogP contribution in [0.5, 0.6) is 0 Å². The van der Waals surface area contributed by atoms with Crippen molar-refractivity contribution < 1.29 is 0 Å². The van der Waals surface area contributed by atoms with Crippen LogP contribution in [-0.2, 0) is 6.54 Å². The second-order valence-electron chi connectivity index (χ2n) is 3.47. The smallest absolute Gasteiger partial charge is 0.221 e. The first kappa shape index (κ1) is 10.4. The quantitative estimate of drug-likeness (QED) is 0.808. The lowest BCUT2D eigenvalue weighted by Crippen LogP contribution is -2.06. The van der Waals surface area contributed by atoms with E-state index in [-0.39, 0.29) is 5.95 Å². The highest BCUT2D eigenvalue weighted by atomic mass is 15.1. The van der Waals surface area contributed by atoms with E-state index in [4.69, 9.17) is 5.73 Å². The predicted molar refractivity (Wildman–Crippen MR) is 62.7 cm³/mol. The van der Waals surface area contributed by atoms with Gasteiger partial charge in [0, 0.05) is 30.7 Å². The Morgan fingerprint density at radius 3 is 3.00 bits per heavy atom. The number of pyridine rings is 1. The first-order valence-corrected chi connectivity index (χ1v) is 4.97. The fraction of sp³-hybridized carbons (Fsp3) is 0.182. The Kier molecular flexibility index (Phi) is 2.95. The molecule has 0 amide bonds. The lowest BCUT2D eigenvalue weighted by molar-refractivity contribution is 1.05. The molecular weight excluding hydrogens is 202 g/mol. The topological polar surface area (TPSA) is 76.7 Å². The molecule has 0 bridgehead atoms. The summed E-state index contributed by atoms with van der Waals surface area (Å²) in [5, 5.41) is 3.20. The van der Waals surface area contributed by atoms with Crippen molar-refractivity contribution in [3.05, 3.63) is 41.9 Å². The lowest BCUT2D eigenvalue weighted by Gasteiger charge is -2.08. The molecule has 5 nitrogen and oxygen atoms in total. The Bertz CT molecular complexity index is 469. The number of nitrogen functional groups attached to an aromatic ring is 1.